The Kier molecular flexibility index (Phi) is 7.54. The number of benzene rings is 10. The average Bonchev–Trinajstić information content (AvgIpc) is 3.88. The van der Waals surface area contributed by atoms with Crippen molar-refractivity contribution in [1.29, 1.82) is 0 Å². The summed E-state index contributed by atoms with van der Waals surface area (Å²) in [5, 5.41) is 11.3. The van der Waals surface area contributed by atoms with Crippen molar-refractivity contribution in [3.05, 3.63) is 206 Å². The Bertz CT molecular complexity index is 3940. The van der Waals surface area contributed by atoms with E-state index >= 15 is 0 Å². The molecule has 0 amide bonds. The van der Waals surface area contributed by atoms with E-state index in [0.717, 1.165) is 88.0 Å². The van der Waals surface area contributed by atoms with Crippen LogP contribution in [-0.2, 0) is 0 Å². The highest BCUT2D eigenvalue weighted by atomic mass is 16.3. The van der Waals surface area contributed by atoms with Crippen LogP contribution in [-0.4, -0.2) is 19.5 Å². The second-order valence-corrected chi connectivity index (χ2v) is 15.9. The van der Waals surface area contributed by atoms with Crippen molar-refractivity contribution in [2.45, 2.75) is 0 Å². The number of nitrogens with zero attached hydrogens (tertiary/aromatic N) is 4. The summed E-state index contributed by atoms with van der Waals surface area (Å²) in [6.45, 7) is 0. The molecule has 0 aliphatic heterocycles. The maximum Gasteiger partial charge on any atom is 0.167 e. The third-order valence-corrected chi connectivity index (χ3v) is 12.4. The van der Waals surface area contributed by atoms with Crippen LogP contribution in [0.2, 0.25) is 0 Å². The molecule has 0 saturated heterocycles. The summed E-state index contributed by atoms with van der Waals surface area (Å²) in [7, 11) is 0. The molecule has 0 atom stereocenters. The molecule has 3 aromatic heterocycles. The maximum absolute atomic E-state index is 6.60. The van der Waals surface area contributed by atoms with E-state index in [1.54, 1.807) is 0 Å². The van der Waals surface area contributed by atoms with Crippen LogP contribution < -0.4 is 0 Å². The van der Waals surface area contributed by atoms with Crippen LogP contribution in [0.1, 0.15) is 0 Å². The quantitative estimate of drug-likeness (QED) is 0.174. The molecule has 0 bridgehead atoms. The van der Waals surface area contributed by atoms with Crippen LogP contribution in [0.4, 0.5) is 0 Å². The zero-order chi connectivity index (χ0) is 40.7. The number of hydrogen-bond donors (Lipinski definition) is 0. The molecule has 13 aromatic rings. The first-order valence-corrected chi connectivity index (χ1v) is 20.9. The van der Waals surface area contributed by atoms with Gasteiger partial charge in [-0.15, -0.1) is 0 Å². The monoisotopic (exact) mass is 790 g/mol. The molecular formula is C57H34N4O. The van der Waals surface area contributed by atoms with Gasteiger partial charge in [-0.05, 0) is 80.5 Å². The van der Waals surface area contributed by atoms with Crippen molar-refractivity contribution in [1.82, 2.24) is 19.5 Å². The molecule has 0 fully saturated rings. The molecule has 0 saturated carbocycles. The SMILES string of the molecule is c1ccc(-c2cc(-n3c4ccccc4c4cc5ccccc5cc43)c3ccccc3c2-c2nc(-c3ccc4ccccc4c3)nc(-c3cccc4c3oc3ccccc34)n2)cc1. The molecular weight excluding hydrogens is 757 g/mol. The fraction of sp³-hybridized carbons (Fsp3) is 0. The molecule has 10 aromatic carbocycles. The summed E-state index contributed by atoms with van der Waals surface area (Å²) in [5.41, 5.74) is 9.70. The van der Waals surface area contributed by atoms with E-state index < -0.39 is 0 Å². The normalized spacial score (nSPS) is 11.9. The first kappa shape index (κ1) is 34.5. The Hall–Kier alpha value is -8.41. The van der Waals surface area contributed by atoms with Crippen LogP contribution in [0.3, 0.4) is 0 Å². The van der Waals surface area contributed by atoms with Crippen molar-refractivity contribution >= 4 is 76.1 Å². The molecule has 0 spiro atoms. The molecule has 288 valence electrons. The number of para-hydroxylation sites is 3. The van der Waals surface area contributed by atoms with Gasteiger partial charge in [0.15, 0.2) is 17.5 Å². The van der Waals surface area contributed by atoms with Crippen LogP contribution in [0.5, 0.6) is 0 Å². The van der Waals surface area contributed by atoms with Gasteiger partial charge in [-0.1, -0.05) is 164 Å². The first-order chi connectivity index (χ1) is 30.7. The number of furan rings is 1. The Morgan fingerprint density at radius 3 is 1.81 bits per heavy atom. The number of aromatic nitrogens is 4. The summed E-state index contributed by atoms with van der Waals surface area (Å²) < 4.78 is 9.04. The van der Waals surface area contributed by atoms with Gasteiger partial charge in [-0.2, -0.15) is 0 Å². The lowest BCUT2D eigenvalue weighted by Gasteiger charge is -2.19. The Morgan fingerprint density at radius 2 is 0.968 bits per heavy atom. The summed E-state index contributed by atoms with van der Waals surface area (Å²) in [6.07, 6.45) is 0. The minimum Gasteiger partial charge on any atom is -0.455 e. The molecule has 5 heteroatoms. The zero-order valence-corrected chi connectivity index (χ0v) is 33.3. The van der Waals surface area contributed by atoms with Gasteiger partial charge < -0.3 is 8.98 Å². The molecule has 0 aliphatic rings. The van der Waals surface area contributed by atoms with Crippen molar-refractivity contribution in [3.8, 4) is 51.0 Å². The van der Waals surface area contributed by atoms with Crippen molar-refractivity contribution in [2.24, 2.45) is 0 Å². The van der Waals surface area contributed by atoms with E-state index in [1.165, 1.54) is 21.5 Å². The van der Waals surface area contributed by atoms with E-state index in [-0.39, 0.29) is 0 Å². The molecule has 0 aliphatic carbocycles. The van der Waals surface area contributed by atoms with Crippen LogP contribution in [0, 0.1) is 0 Å². The van der Waals surface area contributed by atoms with E-state index in [1.807, 2.05) is 18.2 Å². The number of fused-ring (bicyclic) bond motifs is 9. The minimum absolute atomic E-state index is 0.546. The van der Waals surface area contributed by atoms with E-state index in [9.17, 15) is 0 Å². The van der Waals surface area contributed by atoms with Crippen LogP contribution >= 0.6 is 0 Å². The zero-order valence-electron chi connectivity index (χ0n) is 33.3. The third-order valence-electron chi connectivity index (χ3n) is 12.4. The third kappa shape index (κ3) is 5.32. The fourth-order valence-electron chi connectivity index (χ4n) is 9.53. The van der Waals surface area contributed by atoms with Crippen LogP contribution in [0.15, 0.2) is 211 Å². The fourth-order valence-corrected chi connectivity index (χ4v) is 9.53. The largest absolute Gasteiger partial charge is 0.455 e. The molecule has 13 rings (SSSR count). The Balaban J connectivity index is 1.14. The number of rotatable bonds is 5. The predicted octanol–water partition coefficient (Wildman–Crippen LogP) is 15.0. The maximum atomic E-state index is 6.60. The Morgan fingerprint density at radius 1 is 0.339 bits per heavy atom. The van der Waals surface area contributed by atoms with Gasteiger partial charge in [-0.3, -0.25) is 0 Å². The molecule has 0 radical (unpaired) electrons. The lowest BCUT2D eigenvalue weighted by molar-refractivity contribution is 0.669. The van der Waals surface area contributed by atoms with Gasteiger partial charge >= 0.3 is 0 Å². The summed E-state index contributed by atoms with van der Waals surface area (Å²) >= 11 is 0. The topological polar surface area (TPSA) is 56.7 Å². The summed E-state index contributed by atoms with van der Waals surface area (Å²) in [4.78, 5) is 16.2. The van der Waals surface area contributed by atoms with Crippen molar-refractivity contribution < 1.29 is 4.42 Å². The van der Waals surface area contributed by atoms with Gasteiger partial charge in [0.1, 0.15) is 11.2 Å². The predicted molar refractivity (Wildman–Crippen MR) is 256 cm³/mol. The van der Waals surface area contributed by atoms with Crippen molar-refractivity contribution in [3.63, 3.8) is 0 Å². The van der Waals surface area contributed by atoms with E-state index in [4.69, 9.17) is 19.4 Å². The van der Waals surface area contributed by atoms with Gasteiger partial charge in [0.05, 0.1) is 22.3 Å². The highest BCUT2D eigenvalue weighted by Crippen LogP contribution is 2.44. The summed E-state index contributed by atoms with van der Waals surface area (Å²) in [5.74, 6) is 1.72. The van der Waals surface area contributed by atoms with Gasteiger partial charge in [0, 0.05) is 38.1 Å². The first-order valence-electron chi connectivity index (χ1n) is 20.9. The van der Waals surface area contributed by atoms with Crippen molar-refractivity contribution in [2.75, 3.05) is 0 Å². The molecule has 3 heterocycles. The van der Waals surface area contributed by atoms with Crippen LogP contribution in [0.25, 0.3) is 127 Å². The highest BCUT2D eigenvalue weighted by Gasteiger charge is 2.24. The number of hydrogen-bond acceptors (Lipinski definition) is 4. The Labute approximate surface area is 355 Å². The van der Waals surface area contributed by atoms with E-state index in [0.29, 0.717) is 17.5 Å². The highest BCUT2D eigenvalue weighted by molar-refractivity contribution is 6.16. The van der Waals surface area contributed by atoms with Gasteiger partial charge in [0.25, 0.3) is 0 Å². The second-order valence-electron chi connectivity index (χ2n) is 15.9. The molecule has 5 nitrogen and oxygen atoms in total. The van der Waals surface area contributed by atoms with E-state index in [2.05, 4.69) is 193 Å². The smallest absolute Gasteiger partial charge is 0.167 e. The average molecular weight is 791 g/mol. The molecule has 0 N–H and O–H groups in total. The summed E-state index contributed by atoms with van der Waals surface area (Å²) in [6, 6.07) is 72.9. The minimum atomic E-state index is 0.546. The second kappa shape index (κ2) is 13.6. The standard InChI is InChI=1S/C57H34N4O/c1-2-16-36(17-3-1)47-34-51(61-49-27-12-10-22-42(49)48-32-38-19-6-7-20-39(38)33-50(48)61)41-21-8-9-24-44(41)53(47)57-59-55(40-30-29-35-15-4-5-18-37(35)31-40)58-56(60-57)46-26-14-25-45-43-23-11-13-28-52(43)62-54(45)46/h1-34H. The lowest BCUT2D eigenvalue weighted by Crippen LogP contribution is -2.04. The van der Waals surface area contributed by atoms with Gasteiger partial charge in [-0.25, -0.2) is 15.0 Å². The van der Waals surface area contributed by atoms with Gasteiger partial charge in [0.2, 0.25) is 0 Å². The molecule has 62 heavy (non-hydrogen) atoms. The molecule has 0 unspecified atom stereocenters. The lowest BCUT2D eigenvalue weighted by atomic mass is 9.92.